The van der Waals surface area contributed by atoms with E-state index in [9.17, 15) is 30.3 Å². The summed E-state index contributed by atoms with van der Waals surface area (Å²) >= 11 is 0. The van der Waals surface area contributed by atoms with Crippen molar-refractivity contribution in [1.82, 2.24) is 0 Å². The Morgan fingerprint density at radius 1 is 1.14 bits per heavy atom. The van der Waals surface area contributed by atoms with Gasteiger partial charge in [0, 0.05) is 0 Å². The van der Waals surface area contributed by atoms with Crippen molar-refractivity contribution in [3.05, 3.63) is 0 Å². The van der Waals surface area contributed by atoms with Gasteiger partial charge in [0.1, 0.15) is 24.4 Å². The summed E-state index contributed by atoms with van der Waals surface area (Å²) < 4.78 is 0. The van der Waals surface area contributed by atoms with Crippen LogP contribution < -0.4 is 0 Å². The van der Waals surface area contributed by atoms with E-state index >= 15 is 0 Å². The Morgan fingerprint density at radius 2 is 1.67 bits per heavy atom. The Bertz CT molecular complexity index is 324. The van der Waals surface area contributed by atoms with Crippen LogP contribution >= 0.6 is 0 Å². The molecule has 0 aromatic heterocycles. The molecule has 0 radical (unpaired) electrons. The predicted molar refractivity (Wildman–Crippen MR) is 66.1 cm³/mol. The van der Waals surface area contributed by atoms with Gasteiger partial charge in [0.25, 0.3) is 0 Å². The van der Waals surface area contributed by atoms with E-state index in [4.69, 9.17) is 15.5 Å². The Kier molecular flexibility index (Phi) is 8.21. The quantitative estimate of drug-likeness (QED) is 0.151. The highest BCUT2D eigenvalue weighted by Gasteiger charge is 2.53. The van der Waals surface area contributed by atoms with Gasteiger partial charge >= 0.3 is 5.97 Å². The summed E-state index contributed by atoms with van der Waals surface area (Å²) in [5.74, 6) is -1.85. The van der Waals surface area contributed by atoms with Gasteiger partial charge in [0.05, 0.1) is 6.61 Å². The average molecular weight is 314 g/mol. The maximum absolute atomic E-state index is 10.6. The number of aliphatic carboxylic acids is 1. The molecule has 0 saturated carbocycles. The molecule has 8 N–H and O–H groups in total. The zero-order valence-electron chi connectivity index (χ0n) is 11.4. The Labute approximate surface area is 120 Å². The Balaban J connectivity index is 5.52. The first-order chi connectivity index (χ1) is 9.69. The van der Waals surface area contributed by atoms with E-state index < -0.39 is 48.7 Å². The lowest BCUT2D eigenvalue weighted by Crippen LogP contribution is -2.64. The predicted octanol–water partition coefficient (Wildman–Crippen LogP) is -3.10. The number of hydrogen-bond acceptors (Lipinski definition) is 9. The SMILES string of the molecule is CCCC(OO)(C(O)C(O)CO)C(O)C(O)C(O)C(=O)O. The number of aliphatic hydroxyl groups excluding tert-OH is 6. The van der Waals surface area contributed by atoms with E-state index in [0.29, 0.717) is 0 Å². The van der Waals surface area contributed by atoms with E-state index in [2.05, 4.69) is 4.89 Å². The van der Waals surface area contributed by atoms with Crippen LogP contribution in [-0.2, 0) is 9.68 Å². The molecule has 0 fully saturated rings. The molecule has 0 spiro atoms. The van der Waals surface area contributed by atoms with E-state index in [-0.39, 0.29) is 12.8 Å². The fourth-order valence-corrected chi connectivity index (χ4v) is 2.05. The summed E-state index contributed by atoms with van der Waals surface area (Å²) in [6.45, 7) is 0.610. The summed E-state index contributed by atoms with van der Waals surface area (Å²) in [7, 11) is 0. The molecule has 0 aliphatic carbocycles. The third-order valence-electron chi connectivity index (χ3n) is 3.26. The van der Waals surface area contributed by atoms with Crippen molar-refractivity contribution in [1.29, 1.82) is 0 Å². The second-order valence-electron chi connectivity index (χ2n) is 4.71. The van der Waals surface area contributed by atoms with E-state index in [1.54, 1.807) is 6.92 Å². The van der Waals surface area contributed by atoms with Crippen LogP contribution in [0.2, 0.25) is 0 Å². The van der Waals surface area contributed by atoms with Crippen molar-refractivity contribution in [3.63, 3.8) is 0 Å². The van der Waals surface area contributed by atoms with Crippen LogP contribution in [0.5, 0.6) is 0 Å². The van der Waals surface area contributed by atoms with E-state index in [1.807, 2.05) is 0 Å². The average Bonchev–Trinajstić information content (AvgIpc) is 2.48. The number of hydrogen-bond donors (Lipinski definition) is 8. The van der Waals surface area contributed by atoms with Crippen molar-refractivity contribution in [2.45, 2.75) is 55.9 Å². The van der Waals surface area contributed by atoms with Crippen LogP contribution in [0, 0.1) is 0 Å². The summed E-state index contributed by atoms with van der Waals surface area (Å²) in [4.78, 5) is 14.6. The van der Waals surface area contributed by atoms with Crippen molar-refractivity contribution in [2.24, 2.45) is 0 Å². The molecule has 0 aromatic carbocycles. The molecule has 6 atom stereocenters. The molecule has 0 rings (SSSR count). The minimum atomic E-state index is -2.41. The molecule has 0 aliphatic heterocycles. The van der Waals surface area contributed by atoms with Crippen LogP contribution in [-0.4, -0.2) is 89.7 Å². The molecule has 6 unspecified atom stereocenters. The highest BCUT2D eigenvalue weighted by atomic mass is 17.1. The van der Waals surface area contributed by atoms with Crippen molar-refractivity contribution >= 4 is 5.97 Å². The summed E-state index contributed by atoms with van der Waals surface area (Å²) in [5, 5.41) is 74.6. The van der Waals surface area contributed by atoms with Crippen molar-refractivity contribution < 1.29 is 50.7 Å². The lowest BCUT2D eigenvalue weighted by atomic mass is 9.79. The standard InChI is InChI=1S/C11H22O10/c1-2-3-11(21-20,8(16)5(13)4-12)9(17)6(14)7(15)10(18)19/h5-9,12-17,20H,2-4H2,1H3,(H,18,19). The van der Waals surface area contributed by atoms with Gasteiger partial charge in [0.15, 0.2) is 11.7 Å². The van der Waals surface area contributed by atoms with E-state index in [0.717, 1.165) is 0 Å². The molecule has 126 valence electrons. The van der Waals surface area contributed by atoms with Gasteiger partial charge < -0.3 is 35.7 Å². The van der Waals surface area contributed by atoms with Crippen molar-refractivity contribution in [2.75, 3.05) is 6.61 Å². The van der Waals surface area contributed by atoms with Gasteiger partial charge in [-0.05, 0) is 6.42 Å². The normalized spacial score (nSPS) is 21.9. The minimum Gasteiger partial charge on any atom is -0.479 e. The first-order valence-electron chi connectivity index (χ1n) is 6.26. The first kappa shape index (κ1) is 20.1. The van der Waals surface area contributed by atoms with E-state index in [1.165, 1.54) is 0 Å². The molecule has 0 amide bonds. The van der Waals surface area contributed by atoms with Crippen LogP contribution in [0.4, 0.5) is 0 Å². The fraction of sp³-hybridized carbons (Fsp3) is 0.909. The fourth-order valence-electron chi connectivity index (χ4n) is 2.05. The topological polar surface area (TPSA) is 188 Å². The minimum absolute atomic E-state index is 0.183. The number of rotatable bonds is 10. The third-order valence-corrected chi connectivity index (χ3v) is 3.26. The second-order valence-corrected chi connectivity index (χ2v) is 4.71. The molecule has 0 aromatic rings. The smallest absolute Gasteiger partial charge is 0.335 e. The molecular formula is C11H22O10. The second kappa shape index (κ2) is 8.56. The lowest BCUT2D eigenvalue weighted by Gasteiger charge is -2.42. The summed E-state index contributed by atoms with van der Waals surface area (Å²) in [6.07, 6.45) is -11.0. The molecule has 0 saturated heterocycles. The molecule has 0 bridgehead atoms. The van der Waals surface area contributed by atoms with Gasteiger partial charge in [-0.1, -0.05) is 13.3 Å². The molecule has 10 heteroatoms. The molecule has 0 heterocycles. The highest BCUT2D eigenvalue weighted by molar-refractivity contribution is 5.72. The van der Waals surface area contributed by atoms with Crippen molar-refractivity contribution in [3.8, 4) is 0 Å². The number of aliphatic hydroxyl groups is 6. The van der Waals surface area contributed by atoms with Gasteiger partial charge in [-0.25, -0.2) is 9.68 Å². The lowest BCUT2D eigenvalue weighted by molar-refractivity contribution is -0.383. The number of carboxylic acids is 1. The first-order valence-corrected chi connectivity index (χ1v) is 6.26. The maximum atomic E-state index is 10.6. The number of carbonyl (C=O) groups is 1. The molecular weight excluding hydrogens is 292 g/mol. The summed E-state index contributed by atoms with van der Waals surface area (Å²) in [5.41, 5.74) is -2.40. The van der Waals surface area contributed by atoms with Gasteiger partial charge in [0.2, 0.25) is 0 Å². The molecule has 10 nitrogen and oxygen atoms in total. The Hall–Kier alpha value is -0.850. The zero-order valence-corrected chi connectivity index (χ0v) is 11.4. The summed E-state index contributed by atoms with van der Waals surface area (Å²) in [6, 6.07) is 0. The monoisotopic (exact) mass is 314 g/mol. The van der Waals surface area contributed by atoms with Gasteiger partial charge in [-0.15, -0.1) is 0 Å². The van der Waals surface area contributed by atoms with Gasteiger partial charge in [-0.3, -0.25) is 5.26 Å². The number of carboxylic acid groups (broad SMARTS) is 1. The third kappa shape index (κ3) is 4.31. The molecule has 0 aliphatic rings. The largest absolute Gasteiger partial charge is 0.479 e. The zero-order chi connectivity index (χ0) is 16.8. The van der Waals surface area contributed by atoms with Crippen LogP contribution in [0.15, 0.2) is 0 Å². The Morgan fingerprint density at radius 3 is 2.00 bits per heavy atom. The van der Waals surface area contributed by atoms with Gasteiger partial charge in [-0.2, -0.15) is 0 Å². The van der Waals surface area contributed by atoms with Crippen LogP contribution in [0.1, 0.15) is 19.8 Å². The highest BCUT2D eigenvalue weighted by Crippen LogP contribution is 2.31. The maximum Gasteiger partial charge on any atom is 0.335 e. The van der Waals surface area contributed by atoms with Crippen LogP contribution in [0.3, 0.4) is 0 Å². The molecule has 21 heavy (non-hydrogen) atoms. The van der Waals surface area contributed by atoms with Crippen LogP contribution in [0.25, 0.3) is 0 Å².